The Morgan fingerprint density at radius 2 is 2.03 bits per heavy atom. The number of ether oxygens (including phenoxy) is 1. The van der Waals surface area contributed by atoms with Crippen LogP contribution in [0.3, 0.4) is 0 Å². The number of carbonyl (C=O) groups is 2. The van der Waals surface area contributed by atoms with Crippen molar-refractivity contribution >= 4 is 29.1 Å². The van der Waals surface area contributed by atoms with Crippen molar-refractivity contribution in [1.82, 2.24) is 14.9 Å². The number of carbonyl (C=O) groups excluding carboxylic acids is 2. The van der Waals surface area contributed by atoms with Gasteiger partial charge in [-0.05, 0) is 42.7 Å². The molecule has 1 saturated heterocycles. The van der Waals surface area contributed by atoms with E-state index < -0.39 is 12.8 Å². The maximum Gasteiger partial charge on any atom is 0.422 e. The van der Waals surface area contributed by atoms with Gasteiger partial charge in [-0.1, -0.05) is 18.2 Å². The van der Waals surface area contributed by atoms with E-state index in [1.807, 2.05) is 0 Å². The fraction of sp³-hybridized carbons (Fsp3) is 0.333. The zero-order valence-electron chi connectivity index (χ0n) is 16.9. The highest BCUT2D eigenvalue weighted by Crippen LogP contribution is 2.26. The number of likely N-dealkylation sites (tertiary alicyclic amines) is 1. The normalized spacial score (nSPS) is 16.0. The van der Waals surface area contributed by atoms with Crippen molar-refractivity contribution in [3.05, 3.63) is 59.5 Å². The van der Waals surface area contributed by atoms with E-state index in [1.54, 1.807) is 29.2 Å². The third-order valence-corrected chi connectivity index (χ3v) is 5.02. The zero-order chi connectivity index (χ0) is 23.3. The van der Waals surface area contributed by atoms with E-state index >= 15 is 0 Å². The molecule has 170 valence electrons. The number of alkyl halides is 3. The Hall–Kier alpha value is -3.14. The molecule has 1 aromatic carbocycles. The number of anilines is 1. The summed E-state index contributed by atoms with van der Waals surface area (Å²) in [7, 11) is 0. The fourth-order valence-corrected chi connectivity index (χ4v) is 3.40. The molecule has 1 atom stereocenters. The van der Waals surface area contributed by atoms with Gasteiger partial charge in [0, 0.05) is 30.8 Å². The first kappa shape index (κ1) is 23.5. The Kier molecular flexibility index (Phi) is 7.34. The second-order valence-corrected chi connectivity index (χ2v) is 7.63. The van der Waals surface area contributed by atoms with Crippen LogP contribution < -0.4 is 10.1 Å². The molecular formula is C21H20ClF3N4O3. The lowest BCUT2D eigenvalue weighted by Gasteiger charge is -2.17. The van der Waals surface area contributed by atoms with Crippen LogP contribution in [0.25, 0.3) is 0 Å². The molecule has 1 aliphatic rings. The smallest absolute Gasteiger partial charge is 0.422 e. The summed E-state index contributed by atoms with van der Waals surface area (Å²) in [6, 6.07) is 6.51. The molecule has 1 aromatic heterocycles. The molecule has 0 radical (unpaired) electrons. The van der Waals surface area contributed by atoms with E-state index in [0.29, 0.717) is 43.0 Å². The molecular weight excluding hydrogens is 449 g/mol. The maximum atomic E-state index is 12.8. The summed E-state index contributed by atoms with van der Waals surface area (Å²) < 4.78 is 41.8. The lowest BCUT2D eigenvalue weighted by atomic mass is 10.0. The van der Waals surface area contributed by atoms with Gasteiger partial charge in [0.15, 0.2) is 6.61 Å². The van der Waals surface area contributed by atoms with Crippen LogP contribution in [-0.2, 0) is 11.2 Å². The van der Waals surface area contributed by atoms with Gasteiger partial charge >= 0.3 is 6.18 Å². The van der Waals surface area contributed by atoms with Gasteiger partial charge in [0.2, 0.25) is 11.8 Å². The van der Waals surface area contributed by atoms with E-state index in [-0.39, 0.29) is 28.6 Å². The lowest BCUT2D eigenvalue weighted by molar-refractivity contribution is -0.154. The Morgan fingerprint density at radius 3 is 2.69 bits per heavy atom. The van der Waals surface area contributed by atoms with Gasteiger partial charge in [-0.2, -0.15) is 18.2 Å². The van der Waals surface area contributed by atoms with E-state index in [9.17, 15) is 22.8 Å². The minimum absolute atomic E-state index is 0.0433. The molecule has 32 heavy (non-hydrogen) atoms. The Morgan fingerprint density at radius 1 is 1.31 bits per heavy atom. The molecule has 2 heterocycles. The number of halogens is 4. The van der Waals surface area contributed by atoms with Crippen LogP contribution in [0.2, 0.25) is 5.02 Å². The number of hydrogen-bond acceptors (Lipinski definition) is 5. The Labute approximate surface area is 187 Å². The molecule has 2 aromatic rings. The van der Waals surface area contributed by atoms with Crippen LogP contribution >= 0.6 is 11.6 Å². The van der Waals surface area contributed by atoms with Crippen molar-refractivity contribution in [3.8, 4) is 5.88 Å². The number of aromatic nitrogens is 2. The van der Waals surface area contributed by atoms with E-state index in [4.69, 9.17) is 11.6 Å². The summed E-state index contributed by atoms with van der Waals surface area (Å²) in [6.07, 6.45) is -1.07. The highest BCUT2D eigenvalue weighted by Gasteiger charge is 2.30. The molecule has 0 saturated carbocycles. The van der Waals surface area contributed by atoms with Gasteiger partial charge in [-0.15, -0.1) is 0 Å². The fourth-order valence-electron chi connectivity index (χ4n) is 3.25. The van der Waals surface area contributed by atoms with Gasteiger partial charge in [-0.3, -0.25) is 9.59 Å². The predicted octanol–water partition coefficient (Wildman–Crippen LogP) is 3.90. The quantitative estimate of drug-likeness (QED) is 0.623. The number of nitrogens with zero attached hydrogens (tertiary/aromatic N) is 3. The maximum absolute atomic E-state index is 12.8. The van der Waals surface area contributed by atoms with Crippen molar-refractivity contribution in [2.75, 3.05) is 25.0 Å². The molecule has 0 aliphatic carbocycles. The highest BCUT2D eigenvalue weighted by molar-refractivity contribution is 6.31. The summed E-state index contributed by atoms with van der Waals surface area (Å²) in [5.41, 5.74) is 1.03. The van der Waals surface area contributed by atoms with Crippen LogP contribution in [0.1, 0.15) is 22.6 Å². The predicted molar refractivity (Wildman–Crippen MR) is 112 cm³/mol. The van der Waals surface area contributed by atoms with Crippen LogP contribution in [-0.4, -0.2) is 52.6 Å². The second kappa shape index (κ2) is 9.99. The first-order chi connectivity index (χ1) is 15.1. The van der Waals surface area contributed by atoms with E-state index in [0.717, 1.165) is 6.08 Å². The first-order valence-corrected chi connectivity index (χ1v) is 10.1. The van der Waals surface area contributed by atoms with Crippen LogP contribution in [0.15, 0.2) is 43.1 Å². The van der Waals surface area contributed by atoms with Gasteiger partial charge in [-0.25, -0.2) is 4.98 Å². The van der Waals surface area contributed by atoms with Gasteiger partial charge in [0.05, 0.1) is 6.20 Å². The standard InChI is InChI=1S/C21H20ClF3N4O3/c1-2-18(30)27-15-5-3-14(4-6-15)20(31)29-8-7-13(11-29)9-17-26-10-16(22)19(28-17)32-12-21(23,24)25/h2-6,10,13H,1,7-9,11-12H2,(H,27,30)/t13-/m0/s1. The first-order valence-electron chi connectivity index (χ1n) is 9.68. The third-order valence-electron chi connectivity index (χ3n) is 4.76. The lowest BCUT2D eigenvalue weighted by Crippen LogP contribution is -2.29. The Bertz CT molecular complexity index is 999. The van der Waals surface area contributed by atoms with E-state index in [1.165, 1.54) is 6.20 Å². The van der Waals surface area contributed by atoms with Crippen molar-refractivity contribution in [1.29, 1.82) is 0 Å². The molecule has 1 fully saturated rings. The molecule has 1 N–H and O–H groups in total. The highest BCUT2D eigenvalue weighted by atomic mass is 35.5. The van der Waals surface area contributed by atoms with Crippen molar-refractivity contribution in [2.24, 2.45) is 5.92 Å². The van der Waals surface area contributed by atoms with Crippen molar-refractivity contribution < 1.29 is 27.5 Å². The summed E-state index contributed by atoms with van der Waals surface area (Å²) in [4.78, 5) is 33.9. The zero-order valence-corrected chi connectivity index (χ0v) is 17.6. The topological polar surface area (TPSA) is 84.4 Å². The van der Waals surface area contributed by atoms with Crippen LogP contribution in [0.5, 0.6) is 5.88 Å². The molecule has 1 aliphatic heterocycles. The molecule has 11 heteroatoms. The molecule has 2 amide bonds. The largest absolute Gasteiger partial charge is 0.467 e. The Balaban J connectivity index is 1.58. The summed E-state index contributed by atoms with van der Waals surface area (Å²) in [6.45, 7) is 2.87. The molecule has 0 bridgehead atoms. The average molecular weight is 469 g/mol. The van der Waals surface area contributed by atoms with Crippen molar-refractivity contribution in [2.45, 2.75) is 19.0 Å². The minimum Gasteiger partial charge on any atom is -0.467 e. The van der Waals surface area contributed by atoms with E-state index in [2.05, 4.69) is 26.6 Å². The van der Waals surface area contributed by atoms with Crippen LogP contribution in [0, 0.1) is 5.92 Å². The average Bonchev–Trinajstić information content (AvgIpc) is 3.22. The number of rotatable bonds is 7. The number of benzene rings is 1. The van der Waals surface area contributed by atoms with Gasteiger partial charge in [0.25, 0.3) is 5.91 Å². The van der Waals surface area contributed by atoms with Gasteiger partial charge in [0.1, 0.15) is 10.8 Å². The molecule has 0 spiro atoms. The van der Waals surface area contributed by atoms with Crippen molar-refractivity contribution in [3.63, 3.8) is 0 Å². The van der Waals surface area contributed by atoms with Gasteiger partial charge < -0.3 is 15.0 Å². The second-order valence-electron chi connectivity index (χ2n) is 7.22. The number of hydrogen-bond donors (Lipinski definition) is 1. The molecule has 3 rings (SSSR count). The number of nitrogens with one attached hydrogen (secondary N) is 1. The molecule has 0 unspecified atom stereocenters. The SMILES string of the molecule is C=CC(=O)Nc1ccc(C(=O)N2CC[C@@H](Cc3ncc(Cl)c(OCC(F)(F)F)n3)C2)cc1. The summed E-state index contributed by atoms with van der Waals surface area (Å²) >= 11 is 5.82. The summed E-state index contributed by atoms with van der Waals surface area (Å²) in [5, 5.41) is 2.51. The number of amides is 2. The third kappa shape index (κ3) is 6.43. The monoisotopic (exact) mass is 468 g/mol. The minimum atomic E-state index is -4.50. The summed E-state index contributed by atoms with van der Waals surface area (Å²) in [5.74, 6) is -0.471. The van der Waals surface area contributed by atoms with Crippen LogP contribution in [0.4, 0.5) is 18.9 Å². The molecule has 7 nitrogen and oxygen atoms in total.